The normalized spacial score (nSPS) is 33.7. The molecule has 1 aromatic rings. The van der Waals surface area contributed by atoms with Crippen molar-refractivity contribution < 1.29 is 76.9 Å². The molecule has 2 aliphatic heterocycles. The SMILES string of the molecule is CC(=O)NCCNC(=O)[C@H]1O[C@H](OP(=O)(O)OP(=O)(O)OC[C@H]2O[C@@H](n3ccc(=O)[nH]c3=O)[C@H](O)[C@@H]2O)[C@H](O)[C@@H](O)[C@@H]1O. The van der Waals surface area contributed by atoms with E-state index in [9.17, 15) is 63.6 Å². The van der Waals surface area contributed by atoms with E-state index in [2.05, 4.69) is 24.0 Å². The number of hydrogen-bond donors (Lipinski definition) is 10. The van der Waals surface area contributed by atoms with Gasteiger partial charge in [0.05, 0.1) is 6.61 Å². The summed E-state index contributed by atoms with van der Waals surface area (Å²) in [6, 6.07) is 0.915. The number of nitrogens with one attached hydrogen (secondary N) is 3. The number of nitrogens with zero attached hydrogens (tertiary/aromatic N) is 1. The first-order valence-electron chi connectivity index (χ1n) is 12.2. The summed E-state index contributed by atoms with van der Waals surface area (Å²) in [5.41, 5.74) is -1.79. The zero-order valence-corrected chi connectivity index (χ0v) is 23.7. The minimum atomic E-state index is -5.75. The summed E-state index contributed by atoms with van der Waals surface area (Å²) in [7, 11) is -11.3. The monoisotopic (exact) mass is 664 g/mol. The average Bonchev–Trinajstić information content (AvgIpc) is 3.18. The smallest absolute Gasteiger partial charge is 0.387 e. The number of hydrogen-bond acceptors (Lipinski definition) is 16. The number of H-pyrrole nitrogens is 1. The molecule has 24 heteroatoms. The molecule has 2 fully saturated rings. The van der Waals surface area contributed by atoms with Crippen LogP contribution in [0.5, 0.6) is 0 Å². The van der Waals surface area contributed by atoms with Gasteiger partial charge in [-0.25, -0.2) is 13.9 Å². The van der Waals surface area contributed by atoms with E-state index in [1.54, 1.807) is 0 Å². The second kappa shape index (κ2) is 14.1. The van der Waals surface area contributed by atoms with Gasteiger partial charge in [0.2, 0.25) is 5.91 Å². The number of carbonyl (C=O) groups is 2. The molecule has 2 amide bonds. The highest BCUT2D eigenvalue weighted by molar-refractivity contribution is 7.61. The molecule has 11 atom stereocenters. The van der Waals surface area contributed by atoms with E-state index in [0.29, 0.717) is 4.57 Å². The molecular formula is C19H30N4O18P2. The number of aliphatic hydroxyl groups excluding tert-OH is 5. The lowest BCUT2D eigenvalue weighted by atomic mass is 9.98. The van der Waals surface area contributed by atoms with Crippen molar-refractivity contribution in [2.45, 2.75) is 62.2 Å². The van der Waals surface area contributed by atoms with Gasteiger partial charge in [-0.3, -0.25) is 33.0 Å². The van der Waals surface area contributed by atoms with Crippen molar-refractivity contribution in [1.82, 2.24) is 20.2 Å². The van der Waals surface area contributed by atoms with E-state index in [-0.39, 0.29) is 13.1 Å². The molecule has 0 radical (unpaired) electrons. The fraction of sp³-hybridized carbons (Fsp3) is 0.684. The van der Waals surface area contributed by atoms with Gasteiger partial charge < -0.3 is 55.4 Å². The lowest BCUT2D eigenvalue weighted by Crippen LogP contribution is -2.62. The van der Waals surface area contributed by atoms with Crippen molar-refractivity contribution >= 4 is 27.5 Å². The zero-order chi connectivity index (χ0) is 32.3. The molecule has 0 aromatic carbocycles. The first-order valence-corrected chi connectivity index (χ1v) is 15.2. The first-order chi connectivity index (χ1) is 19.9. The molecule has 244 valence electrons. The third-order valence-corrected chi connectivity index (χ3v) is 8.53. The van der Waals surface area contributed by atoms with Gasteiger partial charge in [0.25, 0.3) is 11.5 Å². The number of aromatic nitrogens is 2. The van der Waals surface area contributed by atoms with Gasteiger partial charge in [-0.05, 0) is 0 Å². The molecule has 22 nitrogen and oxygen atoms in total. The molecule has 2 saturated heterocycles. The molecular weight excluding hydrogens is 634 g/mol. The topological polar surface area (TPSA) is 335 Å². The second-order valence-electron chi connectivity index (χ2n) is 9.15. The van der Waals surface area contributed by atoms with Crippen LogP contribution in [0.3, 0.4) is 0 Å². The molecule has 2 aliphatic rings. The Morgan fingerprint density at radius 3 is 2.23 bits per heavy atom. The van der Waals surface area contributed by atoms with E-state index in [4.69, 9.17) is 9.47 Å². The molecule has 43 heavy (non-hydrogen) atoms. The summed E-state index contributed by atoms with van der Waals surface area (Å²) < 4.78 is 48.9. The van der Waals surface area contributed by atoms with Crippen LogP contribution in [-0.4, -0.2) is 125 Å². The van der Waals surface area contributed by atoms with Gasteiger partial charge in [0.15, 0.2) is 18.6 Å². The molecule has 10 N–H and O–H groups in total. The van der Waals surface area contributed by atoms with Crippen LogP contribution in [0.2, 0.25) is 0 Å². The number of amides is 2. The summed E-state index contributed by atoms with van der Waals surface area (Å²) in [6.07, 6.45) is -16.8. The summed E-state index contributed by atoms with van der Waals surface area (Å²) >= 11 is 0. The van der Waals surface area contributed by atoms with Crippen molar-refractivity contribution in [2.75, 3.05) is 19.7 Å². The molecule has 1 aromatic heterocycles. The minimum absolute atomic E-state index is 0.0331. The van der Waals surface area contributed by atoms with Gasteiger partial charge in [-0.15, -0.1) is 0 Å². The zero-order valence-electron chi connectivity index (χ0n) is 21.9. The molecule has 0 aliphatic carbocycles. The quantitative estimate of drug-likeness (QED) is 0.0735. The number of phosphoric acid groups is 2. The maximum Gasteiger partial charge on any atom is 0.483 e. The van der Waals surface area contributed by atoms with Gasteiger partial charge in [0, 0.05) is 32.3 Å². The van der Waals surface area contributed by atoms with Crippen molar-refractivity contribution in [1.29, 1.82) is 0 Å². The molecule has 0 spiro atoms. The predicted molar refractivity (Wildman–Crippen MR) is 133 cm³/mol. The Morgan fingerprint density at radius 1 is 0.953 bits per heavy atom. The molecule has 2 unspecified atom stereocenters. The second-order valence-corrected chi connectivity index (χ2v) is 12.2. The fourth-order valence-corrected chi connectivity index (χ4v) is 6.03. The van der Waals surface area contributed by atoms with E-state index >= 15 is 0 Å². The highest BCUT2D eigenvalue weighted by Crippen LogP contribution is 2.61. The number of carbonyl (C=O) groups excluding carboxylic acids is 2. The highest BCUT2D eigenvalue weighted by atomic mass is 31.3. The van der Waals surface area contributed by atoms with Gasteiger partial charge in [0.1, 0.15) is 36.6 Å². The van der Waals surface area contributed by atoms with Crippen LogP contribution in [0.15, 0.2) is 21.9 Å². The van der Waals surface area contributed by atoms with Crippen LogP contribution in [-0.2, 0) is 41.6 Å². The van der Waals surface area contributed by atoms with Crippen LogP contribution >= 0.6 is 15.6 Å². The van der Waals surface area contributed by atoms with Crippen LogP contribution < -0.4 is 21.9 Å². The van der Waals surface area contributed by atoms with Crippen molar-refractivity contribution in [2.24, 2.45) is 0 Å². The summed E-state index contributed by atoms with van der Waals surface area (Å²) in [6.45, 7) is -0.0585. The van der Waals surface area contributed by atoms with Gasteiger partial charge >= 0.3 is 21.3 Å². The lowest BCUT2D eigenvalue weighted by molar-refractivity contribution is -0.270. The third-order valence-electron chi connectivity index (χ3n) is 5.93. The Balaban J connectivity index is 1.60. The van der Waals surface area contributed by atoms with Crippen molar-refractivity contribution in [3.63, 3.8) is 0 Å². The number of rotatable bonds is 12. The Labute approximate surface area is 240 Å². The van der Waals surface area contributed by atoms with Crippen LogP contribution in [0.25, 0.3) is 0 Å². The Kier molecular flexibility index (Phi) is 11.5. The summed E-state index contributed by atoms with van der Waals surface area (Å²) in [5.74, 6) is -1.50. The maximum atomic E-state index is 12.4. The van der Waals surface area contributed by atoms with Crippen LogP contribution in [0.4, 0.5) is 0 Å². The fourth-order valence-electron chi connectivity index (χ4n) is 3.87. The minimum Gasteiger partial charge on any atom is -0.387 e. The highest BCUT2D eigenvalue weighted by Gasteiger charge is 2.51. The predicted octanol–water partition coefficient (Wildman–Crippen LogP) is -5.53. The summed E-state index contributed by atoms with van der Waals surface area (Å²) in [4.78, 5) is 68.2. The molecule has 0 saturated carbocycles. The third kappa shape index (κ3) is 9.06. The van der Waals surface area contributed by atoms with E-state index in [0.717, 1.165) is 12.3 Å². The number of ether oxygens (including phenoxy) is 2. The van der Waals surface area contributed by atoms with Crippen LogP contribution in [0.1, 0.15) is 13.2 Å². The molecule has 3 rings (SSSR count). The van der Waals surface area contributed by atoms with E-state index in [1.165, 1.54) is 6.92 Å². The number of aromatic amines is 1. The van der Waals surface area contributed by atoms with Crippen molar-refractivity contribution in [3.05, 3.63) is 33.1 Å². The maximum absolute atomic E-state index is 12.4. The van der Waals surface area contributed by atoms with E-state index < -0.39 is 101 Å². The average molecular weight is 664 g/mol. The van der Waals surface area contributed by atoms with Gasteiger partial charge in [-0.2, -0.15) is 4.31 Å². The summed E-state index contributed by atoms with van der Waals surface area (Å²) in [5, 5.41) is 55.2. The molecule has 0 bridgehead atoms. The Hall–Kier alpha value is -2.40. The molecule has 3 heterocycles. The van der Waals surface area contributed by atoms with Crippen LogP contribution in [0, 0.1) is 0 Å². The standard InChI is InChI=1S/C19H30N4O18P2/c1-7(24)20-3-4-21-16(31)15-12(28)11(27)14(30)18(39-15)40-43(35,36)41-42(33,34)37-6-8-10(26)13(29)17(38-8)23-5-2-9(25)22-19(23)32/h2,5,8,10-15,17-18,26-30H,3-4,6H2,1H3,(H,20,24)(H,21,31)(H,33,34)(H,35,36)(H,22,25,32)/t8-,10-,11+,12+,13-,14-,15+,17-,18-/m1/s1. The Bertz CT molecular complexity index is 1370. The first kappa shape index (κ1) is 35.1. The van der Waals surface area contributed by atoms with Gasteiger partial charge in [-0.1, -0.05) is 0 Å². The number of phosphoric ester groups is 2. The lowest BCUT2D eigenvalue weighted by Gasteiger charge is -2.39. The van der Waals surface area contributed by atoms with Crippen molar-refractivity contribution in [3.8, 4) is 0 Å². The number of aliphatic hydroxyl groups is 5. The van der Waals surface area contributed by atoms with E-state index in [1.807, 2.05) is 4.98 Å². The largest absolute Gasteiger partial charge is 0.483 e. The Morgan fingerprint density at radius 2 is 1.60 bits per heavy atom.